The zero-order valence-electron chi connectivity index (χ0n) is 36.3. The Morgan fingerprint density at radius 2 is 1.04 bits per heavy atom. The van der Waals surface area contributed by atoms with E-state index in [2.05, 4.69) is 31.0 Å². The fourth-order valence-corrected chi connectivity index (χ4v) is 7.73. The number of aliphatic hydroxyl groups excluding tert-OH is 6. The zero-order chi connectivity index (χ0) is 41.2. The molecule has 7 N–H and O–H groups in total. The fraction of sp³-hybridized carbons (Fsp3) is 0.978. The van der Waals surface area contributed by atoms with E-state index in [0.29, 0.717) is 12.8 Å². The van der Waals surface area contributed by atoms with Gasteiger partial charge in [0, 0.05) is 6.42 Å². The number of carbonyl (C=O) groups excluding carboxylic acids is 1. The lowest BCUT2D eigenvalue weighted by Crippen LogP contribution is -2.60. The van der Waals surface area contributed by atoms with Gasteiger partial charge in [0.2, 0.25) is 5.91 Å². The Hall–Kier alpha value is -0.890. The third-order valence-corrected chi connectivity index (χ3v) is 11.6. The maximum atomic E-state index is 13.0. The van der Waals surface area contributed by atoms with Crippen molar-refractivity contribution in [3.63, 3.8) is 0 Å². The first-order valence-electron chi connectivity index (χ1n) is 23.5. The maximum absolute atomic E-state index is 13.0. The molecule has 0 radical (unpaired) electrons. The molecule has 1 rings (SSSR count). The van der Waals surface area contributed by atoms with Crippen molar-refractivity contribution in [2.45, 2.75) is 250 Å². The van der Waals surface area contributed by atoms with E-state index < -0.39 is 55.6 Å². The number of nitrogens with zero attached hydrogens (tertiary/aromatic N) is 1. The van der Waals surface area contributed by atoms with Crippen molar-refractivity contribution in [2.24, 2.45) is 0 Å². The lowest BCUT2D eigenvalue weighted by Gasteiger charge is -2.40. The molecule has 1 unspecified atom stereocenters. The van der Waals surface area contributed by atoms with Crippen molar-refractivity contribution in [2.75, 3.05) is 32.8 Å². The van der Waals surface area contributed by atoms with Crippen LogP contribution in [-0.4, -0.2) is 123 Å². The van der Waals surface area contributed by atoms with E-state index in [4.69, 9.17) is 9.47 Å². The third kappa shape index (κ3) is 25.6. The number of hydrogen-bond acceptors (Lipinski definition) is 10. The predicted molar refractivity (Wildman–Crippen MR) is 226 cm³/mol. The van der Waals surface area contributed by atoms with Gasteiger partial charge in [0.25, 0.3) is 0 Å². The Morgan fingerprint density at radius 3 is 1.54 bits per heavy atom. The van der Waals surface area contributed by atoms with Crippen LogP contribution >= 0.6 is 0 Å². The van der Waals surface area contributed by atoms with Crippen molar-refractivity contribution < 1.29 is 44.9 Å². The van der Waals surface area contributed by atoms with Gasteiger partial charge in [-0.1, -0.05) is 162 Å². The minimum Gasteiger partial charge on any atom is -0.394 e. The van der Waals surface area contributed by atoms with Gasteiger partial charge in [0.15, 0.2) is 6.29 Å². The Morgan fingerprint density at radius 1 is 0.607 bits per heavy atom. The molecule has 11 nitrogen and oxygen atoms in total. The summed E-state index contributed by atoms with van der Waals surface area (Å²) in [6, 6.07) is -0.989. The molecule has 0 aromatic rings. The molecule has 0 spiro atoms. The molecule has 56 heavy (non-hydrogen) atoms. The molecule has 0 aromatic carbocycles. The van der Waals surface area contributed by atoms with Crippen LogP contribution < -0.4 is 5.32 Å². The van der Waals surface area contributed by atoms with Gasteiger partial charge in [0.05, 0.1) is 25.4 Å². The van der Waals surface area contributed by atoms with Crippen LogP contribution in [0.25, 0.3) is 0 Å². The average Bonchev–Trinajstić information content (AvgIpc) is 3.19. The summed E-state index contributed by atoms with van der Waals surface area (Å²) in [6.45, 7) is 9.54. The number of hydrogen-bond donors (Lipinski definition) is 7. The van der Waals surface area contributed by atoms with Crippen molar-refractivity contribution in [1.82, 2.24) is 10.2 Å². The highest BCUT2D eigenvalue weighted by atomic mass is 16.7. The van der Waals surface area contributed by atoms with E-state index >= 15 is 0 Å². The Balaban J connectivity index is 2.46. The molecule has 1 saturated heterocycles. The number of unbranched alkanes of at least 4 members (excludes halogenated alkanes) is 22. The summed E-state index contributed by atoms with van der Waals surface area (Å²) >= 11 is 0. The average molecular weight is 803 g/mol. The monoisotopic (exact) mass is 803 g/mol. The van der Waals surface area contributed by atoms with Crippen LogP contribution in [0.4, 0.5) is 0 Å². The SMILES string of the molecule is CCCCCCCCCCCCCC[C@@H](O)[C@@H](O)[C@H](CO[C@H]1OC(CO)[C@H](O)[C@@H](O)[C@@H]1O)NC(=O)CCCCCCCCCCN(CCCCC)CCCCC. The largest absolute Gasteiger partial charge is 0.394 e. The fourth-order valence-electron chi connectivity index (χ4n) is 7.73. The zero-order valence-corrected chi connectivity index (χ0v) is 36.3. The van der Waals surface area contributed by atoms with Gasteiger partial charge in [-0.05, 0) is 51.7 Å². The second-order valence-electron chi connectivity index (χ2n) is 16.8. The molecule has 1 aliphatic rings. The molecule has 334 valence electrons. The summed E-state index contributed by atoms with van der Waals surface area (Å²) in [7, 11) is 0. The van der Waals surface area contributed by atoms with Crippen molar-refractivity contribution in [1.29, 1.82) is 0 Å². The first-order valence-corrected chi connectivity index (χ1v) is 23.5. The highest BCUT2D eigenvalue weighted by molar-refractivity contribution is 5.76. The Kier molecular flexibility index (Phi) is 34.2. The van der Waals surface area contributed by atoms with Gasteiger partial charge in [-0.2, -0.15) is 0 Å². The molecule has 0 bridgehead atoms. The minimum absolute atomic E-state index is 0.258. The summed E-state index contributed by atoms with van der Waals surface area (Å²) in [5.74, 6) is -0.258. The van der Waals surface area contributed by atoms with Crippen LogP contribution in [0.5, 0.6) is 0 Å². The van der Waals surface area contributed by atoms with E-state index in [-0.39, 0.29) is 18.9 Å². The topological polar surface area (TPSA) is 172 Å². The maximum Gasteiger partial charge on any atom is 0.220 e. The summed E-state index contributed by atoms with van der Waals surface area (Å²) in [6.07, 6.45) is 21.9. The number of ether oxygens (including phenoxy) is 2. The van der Waals surface area contributed by atoms with Gasteiger partial charge in [0.1, 0.15) is 30.5 Å². The van der Waals surface area contributed by atoms with Crippen LogP contribution in [0.2, 0.25) is 0 Å². The smallest absolute Gasteiger partial charge is 0.220 e. The van der Waals surface area contributed by atoms with Crippen molar-refractivity contribution in [3.05, 3.63) is 0 Å². The van der Waals surface area contributed by atoms with Crippen molar-refractivity contribution in [3.8, 4) is 0 Å². The molecule has 1 aliphatic heterocycles. The minimum atomic E-state index is -1.61. The first kappa shape index (κ1) is 53.1. The van der Waals surface area contributed by atoms with Crippen LogP contribution in [0.15, 0.2) is 0 Å². The summed E-state index contributed by atoms with van der Waals surface area (Å²) in [5.41, 5.74) is 0. The predicted octanol–water partition coefficient (Wildman–Crippen LogP) is 7.29. The molecule has 0 aliphatic carbocycles. The quantitative estimate of drug-likeness (QED) is 0.0313. The Bertz CT molecular complexity index is 875. The number of carbonyl (C=O) groups is 1. The van der Waals surface area contributed by atoms with Crippen LogP contribution in [0, 0.1) is 0 Å². The molecule has 1 amide bonds. The molecule has 1 fully saturated rings. The van der Waals surface area contributed by atoms with E-state index in [1.165, 1.54) is 135 Å². The lowest BCUT2D eigenvalue weighted by molar-refractivity contribution is -0.303. The number of aliphatic hydroxyl groups is 6. The molecule has 8 atom stereocenters. The molecule has 0 aromatic heterocycles. The number of rotatable bonds is 39. The number of amides is 1. The van der Waals surface area contributed by atoms with Gasteiger partial charge in [-0.15, -0.1) is 0 Å². The highest BCUT2D eigenvalue weighted by Gasteiger charge is 2.44. The van der Waals surface area contributed by atoms with Crippen molar-refractivity contribution >= 4 is 5.91 Å². The molecule has 1 heterocycles. The molecular weight excluding hydrogens is 712 g/mol. The van der Waals surface area contributed by atoms with E-state index in [1.807, 2.05) is 0 Å². The highest BCUT2D eigenvalue weighted by Crippen LogP contribution is 2.23. The first-order chi connectivity index (χ1) is 27.2. The second kappa shape index (κ2) is 36.0. The van der Waals surface area contributed by atoms with Gasteiger partial charge < -0.3 is 50.3 Å². The van der Waals surface area contributed by atoms with Gasteiger partial charge in [-0.25, -0.2) is 0 Å². The van der Waals surface area contributed by atoms with E-state index in [0.717, 1.165) is 44.9 Å². The normalized spacial score (nSPS) is 21.7. The standard InChI is InChI=1S/C45H90N2O9/c1-4-7-10-11-12-13-14-15-16-19-22-25-30-38(49)41(51)37(36-55-45-44(54)43(53)42(52)39(35-48)56-45)46-40(50)31-26-23-20-17-18-21-24-29-34-47(32-27-8-5-2)33-28-9-6-3/h37-39,41-45,48-49,51-54H,4-36H2,1-3H3,(H,46,50)/t37-,38+,39?,41-,42-,43+,44-,45-/m0/s1. The number of nitrogens with one attached hydrogen (secondary N) is 1. The third-order valence-electron chi connectivity index (χ3n) is 11.6. The molecular formula is C45H90N2O9. The van der Waals surface area contributed by atoms with Crippen LogP contribution in [-0.2, 0) is 14.3 Å². The summed E-state index contributed by atoms with van der Waals surface area (Å²) in [4.78, 5) is 15.7. The van der Waals surface area contributed by atoms with Gasteiger partial charge in [-0.3, -0.25) is 4.79 Å². The summed E-state index contributed by atoms with van der Waals surface area (Å²) < 4.78 is 11.2. The molecule has 11 heteroatoms. The van der Waals surface area contributed by atoms with Crippen LogP contribution in [0.3, 0.4) is 0 Å². The lowest BCUT2D eigenvalue weighted by atomic mass is 9.98. The second-order valence-corrected chi connectivity index (χ2v) is 16.8. The Labute approximate surface area is 342 Å². The van der Waals surface area contributed by atoms with E-state index in [9.17, 15) is 35.4 Å². The summed E-state index contributed by atoms with van der Waals surface area (Å²) in [5, 5.41) is 65.2. The molecule has 0 saturated carbocycles. The van der Waals surface area contributed by atoms with Crippen LogP contribution in [0.1, 0.15) is 201 Å². The van der Waals surface area contributed by atoms with Gasteiger partial charge >= 0.3 is 0 Å². The van der Waals surface area contributed by atoms with E-state index in [1.54, 1.807) is 0 Å².